The molecule has 1 aromatic rings. The Morgan fingerprint density at radius 1 is 1.18 bits per heavy atom. The normalized spacial score (nSPS) is 9.76. The number of aliphatic carboxylic acids is 1. The van der Waals surface area contributed by atoms with E-state index in [0.29, 0.717) is 5.69 Å². The van der Waals surface area contributed by atoms with Crippen LogP contribution in [0.15, 0.2) is 24.3 Å². The molecule has 0 aliphatic rings. The Kier molecular flexibility index (Phi) is 4.51. The number of carboxylic acid groups (broad SMARTS) is 1. The first-order valence-electron chi connectivity index (χ1n) is 5.47. The molecule has 0 aliphatic heterocycles. The highest BCUT2D eigenvalue weighted by atomic mass is 16.4. The second-order valence-corrected chi connectivity index (χ2v) is 3.48. The highest BCUT2D eigenvalue weighted by molar-refractivity contribution is 6.36. The number of benzene rings is 1. The Morgan fingerprint density at radius 3 is 2.12 bits per heavy atom. The van der Waals surface area contributed by atoms with Crippen LogP contribution in [0.2, 0.25) is 0 Å². The topological polar surface area (TPSA) is 69.6 Å². The van der Waals surface area contributed by atoms with Gasteiger partial charge in [0.1, 0.15) is 0 Å². The molecule has 0 radical (unpaired) electrons. The number of rotatable bonds is 4. The summed E-state index contributed by atoms with van der Waals surface area (Å²) in [6.07, 6.45) is 0. The maximum atomic E-state index is 10.9. The maximum absolute atomic E-state index is 10.9. The Morgan fingerprint density at radius 2 is 1.71 bits per heavy atom. The zero-order chi connectivity index (χ0) is 12.8. The molecule has 5 nitrogen and oxygen atoms in total. The van der Waals surface area contributed by atoms with Crippen molar-refractivity contribution in [3.05, 3.63) is 24.3 Å². The summed E-state index contributed by atoms with van der Waals surface area (Å²) in [6, 6.07) is 7.08. The summed E-state index contributed by atoms with van der Waals surface area (Å²) < 4.78 is 0. The summed E-state index contributed by atoms with van der Waals surface area (Å²) in [6.45, 7) is 5.92. The molecule has 0 heterocycles. The van der Waals surface area contributed by atoms with E-state index < -0.39 is 11.9 Å². The van der Waals surface area contributed by atoms with Crippen LogP contribution in [-0.4, -0.2) is 30.1 Å². The SMILES string of the molecule is CCN(CC)c1ccc(NC(=O)C(=O)O)cc1. The van der Waals surface area contributed by atoms with Crippen LogP contribution in [0.1, 0.15) is 13.8 Å². The zero-order valence-electron chi connectivity index (χ0n) is 9.93. The number of nitrogens with zero attached hydrogens (tertiary/aromatic N) is 1. The molecule has 0 spiro atoms. The van der Waals surface area contributed by atoms with Crippen LogP contribution >= 0.6 is 0 Å². The van der Waals surface area contributed by atoms with Crippen molar-refractivity contribution in [3.8, 4) is 0 Å². The van der Waals surface area contributed by atoms with Crippen molar-refractivity contribution in [2.24, 2.45) is 0 Å². The monoisotopic (exact) mass is 236 g/mol. The van der Waals surface area contributed by atoms with Gasteiger partial charge in [0.2, 0.25) is 0 Å². The zero-order valence-corrected chi connectivity index (χ0v) is 9.93. The van der Waals surface area contributed by atoms with Gasteiger partial charge in [0.25, 0.3) is 0 Å². The lowest BCUT2D eigenvalue weighted by atomic mass is 10.2. The minimum atomic E-state index is -1.49. The third kappa shape index (κ3) is 3.48. The van der Waals surface area contributed by atoms with Gasteiger partial charge >= 0.3 is 11.9 Å². The maximum Gasteiger partial charge on any atom is 0.394 e. The lowest BCUT2D eigenvalue weighted by Crippen LogP contribution is -2.23. The fraction of sp³-hybridized carbons (Fsp3) is 0.333. The molecule has 5 heteroatoms. The molecule has 1 rings (SSSR count). The number of hydrogen-bond donors (Lipinski definition) is 2. The molecule has 0 atom stereocenters. The summed E-state index contributed by atoms with van der Waals surface area (Å²) in [4.78, 5) is 23.4. The lowest BCUT2D eigenvalue weighted by molar-refractivity contribution is -0.147. The van der Waals surface area contributed by atoms with E-state index in [1.807, 2.05) is 12.1 Å². The quantitative estimate of drug-likeness (QED) is 0.778. The number of anilines is 2. The molecular formula is C12H16N2O3. The standard InChI is InChI=1S/C12H16N2O3/c1-3-14(4-2)10-7-5-9(6-8-10)13-11(15)12(16)17/h5-8H,3-4H2,1-2H3,(H,13,15)(H,16,17). The van der Waals surface area contributed by atoms with Gasteiger partial charge in [-0.1, -0.05) is 0 Å². The predicted octanol–water partition coefficient (Wildman–Crippen LogP) is 1.56. The molecule has 0 aromatic heterocycles. The number of hydrogen-bond acceptors (Lipinski definition) is 3. The van der Waals surface area contributed by atoms with Crippen LogP contribution in [0.4, 0.5) is 11.4 Å². The van der Waals surface area contributed by atoms with Gasteiger partial charge in [-0.3, -0.25) is 4.79 Å². The van der Waals surface area contributed by atoms with Gasteiger partial charge in [-0.05, 0) is 38.1 Å². The van der Waals surface area contributed by atoms with E-state index >= 15 is 0 Å². The number of carbonyl (C=O) groups is 2. The number of amides is 1. The summed E-state index contributed by atoms with van der Waals surface area (Å²) in [5.74, 6) is -2.52. The Labute approximate surface area is 100 Å². The fourth-order valence-corrected chi connectivity index (χ4v) is 1.53. The van der Waals surface area contributed by atoms with Gasteiger partial charge in [-0.2, -0.15) is 0 Å². The first-order valence-corrected chi connectivity index (χ1v) is 5.47. The summed E-state index contributed by atoms with van der Waals surface area (Å²) in [5, 5.41) is 10.7. The molecule has 2 N–H and O–H groups in total. The summed E-state index contributed by atoms with van der Waals surface area (Å²) in [5.41, 5.74) is 1.52. The Hall–Kier alpha value is -2.04. The van der Waals surface area contributed by atoms with Crippen molar-refractivity contribution in [2.45, 2.75) is 13.8 Å². The third-order valence-corrected chi connectivity index (χ3v) is 2.45. The van der Waals surface area contributed by atoms with E-state index in [9.17, 15) is 9.59 Å². The van der Waals surface area contributed by atoms with Gasteiger partial charge in [-0.25, -0.2) is 4.79 Å². The molecule has 0 fully saturated rings. The second-order valence-electron chi connectivity index (χ2n) is 3.48. The van der Waals surface area contributed by atoms with E-state index in [2.05, 4.69) is 24.1 Å². The van der Waals surface area contributed by atoms with E-state index in [0.717, 1.165) is 18.8 Å². The average Bonchev–Trinajstić information content (AvgIpc) is 2.32. The van der Waals surface area contributed by atoms with E-state index in [1.54, 1.807) is 12.1 Å². The van der Waals surface area contributed by atoms with E-state index in [1.165, 1.54) is 0 Å². The average molecular weight is 236 g/mol. The van der Waals surface area contributed by atoms with Crippen molar-refractivity contribution in [1.29, 1.82) is 0 Å². The summed E-state index contributed by atoms with van der Waals surface area (Å²) in [7, 11) is 0. The molecule has 0 bridgehead atoms. The number of nitrogens with one attached hydrogen (secondary N) is 1. The predicted molar refractivity (Wildman–Crippen MR) is 66.3 cm³/mol. The van der Waals surface area contributed by atoms with Gasteiger partial charge in [0, 0.05) is 24.5 Å². The molecule has 17 heavy (non-hydrogen) atoms. The van der Waals surface area contributed by atoms with Crippen LogP contribution in [0, 0.1) is 0 Å². The minimum absolute atomic E-state index is 0.480. The van der Waals surface area contributed by atoms with Gasteiger partial charge in [0.15, 0.2) is 0 Å². The van der Waals surface area contributed by atoms with Crippen LogP contribution in [0.5, 0.6) is 0 Å². The highest BCUT2D eigenvalue weighted by Gasteiger charge is 2.10. The van der Waals surface area contributed by atoms with Gasteiger partial charge in [-0.15, -0.1) is 0 Å². The van der Waals surface area contributed by atoms with Crippen molar-refractivity contribution in [1.82, 2.24) is 0 Å². The van der Waals surface area contributed by atoms with Crippen LogP contribution < -0.4 is 10.2 Å². The van der Waals surface area contributed by atoms with Crippen LogP contribution in [-0.2, 0) is 9.59 Å². The van der Waals surface area contributed by atoms with Crippen LogP contribution in [0.3, 0.4) is 0 Å². The molecular weight excluding hydrogens is 220 g/mol. The molecule has 0 unspecified atom stereocenters. The molecule has 92 valence electrons. The van der Waals surface area contributed by atoms with E-state index in [4.69, 9.17) is 5.11 Å². The smallest absolute Gasteiger partial charge is 0.394 e. The lowest BCUT2D eigenvalue weighted by Gasteiger charge is -2.21. The van der Waals surface area contributed by atoms with E-state index in [-0.39, 0.29) is 0 Å². The van der Waals surface area contributed by atoms with Crippen LogP contribution in [0.25, 0.3) is 0 Å². The molecule has 0 saturated heterocycles. The van der Waals surface area contributed by atoms with Crippen molar-refractivity contribution in [2.75, 3.05) is 23.3 Å². The van der Waals surface area contributed by atoms with Crippen molar-refractivity contribution in [3.63, 3.8) is 0 Å². The number of carboxylic acids is 1. The molecule has 1 amide bonds. The van der Waals surface area contributed by atoms with Crippen molar-refractivity contribution < 1.29 is 14.7 Å². The fourth-order valence-electron chi connectivity index (χ4n) is 1.53. The largest absolute Gasteiger partial charge is 0.474 e. The van der Waals surface area contributed by atoms with Gasteiger partial charge < -0.3 is 15.3 Å². The highest BCUT2D eigenvalue weighted by Crippen LogP contribution is 2.17. The summed E-state index contributed by atoms with van der Waals surface area (Å²) >= 11 is 0. The molecule has 1 aromatic carbocycles. The van der Waals surface area contributed by atoms with Crippen molar-refractivity contribution >= 4 is 23.3 Å². The first-order chi connectivity index (χ1) is 8.08. The molecule has 0 saturated carbocycles. The van der Waals surface area contributed by atoms with Gasteiger partial charge in [0.05, 0.1) is 0 Å². The third-order valence-electron chi connectivity index (χ3n) is 2.45. The minimum Gasteiger partial charge on any atom is -0.474 e. The Balaban J connectivity index is 2.74. The Bertz CT molecular complexity index is 397. The molecule has 0 aliphatic carbocycles. The second kappa shape index (κ2) is 5.89. The first kappa shape index (κ1) is 13.0. The number of carbonyl (C=O) groups excluding carboxylic acids is 1.